The predicted molar refractivity (Wildman–Crippen MR) is 140 cm³/mol. The second-order valence-electron chi connectivity index (χ2n) is 8.23. The van der Waals surface area contributed by atoms with Gasteiger partial charge in [-0.1, -0.05) is 87.5 Å². The topological polar surface area (TPSA) is 21.6 Å². The van der Waals surface area contributed by atoms with Gasteiger partial charge in [0.2, 0.25) is 0 Å². The van der Waals surface area contributed by atoms with Crippen LogP contribution in [-0.4, -0.2) is 12.3 Å². The Morgan fingerprint density at radius 3 is 2.50 bits per heavy atom. The van der Waals surface area contributed by atoms with Crippen molar-refractivity contribution in [2.24, 2.45) is 10.9 Å². The van der Waals surface area contributed by atoms with Crippen molar-refractivity contribution in [1.29, 1.82) is 0 Å². The third-order valence-corrected chi connectivity index (χ3v) is 7.27. The minimum Gasteiger partial charge on any atom is -0.492 e. The van der Waals surface area contributed by atoms with E-state index in [1.165, 1.54) is 27.3 Å². The number of hydrogen-bond acceptors (Lipinski definition) is 2. The van der Waals surface area contributed by atoms with Crippen LogP contribution in [-0.2, 0) is 0 Å². The van der Waals surface area contributed by atoms with Crippen LogP contribution in [0, 0.1) is 19.8 Å². The molecule has 0 saturated heterocycles. The number of allylic oxidation sites excluding steroid dienone is 3. The van der Waals surface area contributed by atoms with Crippen LogP contribution in [0.25, 0.3) is 0 Å². The Morgan fingerprint density at radius 1 is 0.938 bits per heavy atom. The normalized spacial score (nSPS) is 16.1. The number of aliphatic imine (C=N–C) groups is 1. The largest absolute Gasteiger partial charge is 0.492 e. The first-order valence-electron chi connectivity index (χ1n) is 11.1. The van der Waals surface area contributed by atoms with Gasteiger partial charge in [0.25, 0.3) is 0 Å². The molecule has 0 bridgehead atoms. The summed E-state index contributed by atoms with van der Waals surface area (Å²) >= 11 is 0. The van der Waals surface area contributed by atoms with Gasteiger partial charge in [-0.15, -0.1) is 0 Å². The van der Waals surface area contributed by atoms with Crippen LogP contribution in [0.4, 0.5) is 5.69 Å². The zero-order valence-electron chi connectivity index (χ0n) is 19.0. The fraction of sp³-hybridized carbons (Fsp3) is 0.207. The maximum absolute atomic E-state index is 6.41. The molecule has 3 aromatic rings. The molecule has 0 spiro atoms. The van der Waals surface area contributed by atoms with Crippen LogP contribution in [0.1, 0.15) is 30.0 Å². The van der Waals surface area contributed by atoms with Gasteiger partial charge < -0.3 is 4.74 Å². The molecule has 1 aliphatic carbocycles. The van der Waals surface area contributed by atoms with Crippen molar-refractivity contribution < 1.29 is 4.74 Å². The van der Waals surface area contributed by atoms with E-state index in [1.807, 2.05) is 30.3 Å². The summed E-state index contributed by atoms with van der Waals surface area (Å²) < 4.78 is 6.41. The molecule has 0 N–H and O–H groups in total. The second-order valence-corrected chi connectivity index (χ2v) is 9.52. The number of rotatable bonds is 7. The molecule has 2 atom stereocenters. The van der Waals surface area contributed by atoms with Crippen molar-refractivity contribution in [3.8, 4) is 5.75 Å². The smallest absolute Gasteiger partial charge is 0.129 e. The van der Waals surface area contributed by atoms with E-state index in [4.69, 9.17) is 9.73 Å². The molecule has 32 heavy (non-hydrogen) atoms. The zero-order chi connectivity index (χ0) is 22.3. The second kappa shape index (κ2) is 10.6. The van der Waals surface area contributed by atoms with Crippen LogP contribution in [0.2, 0.25) is 0 Å². The first kappa shape index (κ1) is 22.2. The van der Waals surface area contributed by atoms with Crippen LogP contribution in [0.15, 0.2) is 96.0 Å². The van der Waals surface area contributed by atoms with Crippen LogP contribution < -0.4 is 15.3 Å². The Kier molecular flexibility index (Phi) is 7.35. The van der Waals surface area contributed by atoms with E-state index in [0.29, 0.717) is 21.1 Å². The summed E-state index contributed by atoms with van der Waals surface area (Å²) in [6, 6.07) is 23.1. The Bertz CT molecular complexity index is 1160. The van der Waals surface area contributed by atoms with Crippen LogP contribution in [0.5, 0.6) is 5.75 Å². The summed E-state index contributed by atoms with van der Waals surface area (Å²) in [5.41, 5.74) is 5.71. The maximum atomic E-state index is 6.41. The zero-order valence-corrected chi connectivity index (χ0v) is 20.0. The minimum absolute atomic E-state index is 0.435. The quantitative estimate of drug-likeness (QED) is 0.301. The van der Waals surface area contributed by atoms with Gasteiger partial charge in [-0.05, 0) is 55.8 Å². The Morgan fingerprint density at radius 2 is 1.72 bits per heavy atom. The van der Waals surface area contributed by atoms with E-state index in [2.05, 4.69) is 81.5 Å². The van der Waals surface area contributed by atoms with Gasteiger partial charge in [0.15, 0.2) is 0 Å². The van der Waals surface area contributed by atoms with Gasteiger partial charge >= 0.3 is 0 Å². The van der Waals surface area contributed by atoms with Gasteiger partial charge in [0.1, 0.15) is 5.75 Å². The molecule has 4 rings (SSSR count). The number of benzene rings is 3. The van der Waals surface area contributed by atoms with Crippen molar-refractivity contribution in [3.05, 3.63) is 108 Å². The first-order valence-corrected chi connectivity index (χ1v) is 12.1. The van der Waals surface area contributed by atoms with Gasteiger partial charge in [0, 0.05) is 22.5 Å². The van der Waals surface area contributed by atoms with Crippen LogP contribution in [0.3, 0.4) is 0 Å². The monoisotopic (exact) mass is 439 g/mol. The maximum Gasteiger partial charge on any atom is 0.129 e. The van der Waals surface area contributed by atoms with Gasteiger partial charge in [-0.25, -0.2) is 0 Å². The number of hydrogen-bond donors (Lipinski definition) is 0. The summed E-state index contributed by atoms with van der Waals surface area (Å²) in [6.07, 6.45) is 9.71. The lowest BCUT2D eigenvalue weighted by molar-refractivity contribution is 0.276. The summed E-state index contributed by atoms with van der Waals surface area (Å²) in [6.45, 7) is 7.14. The molecule has 0 amide bonds. The van der Waals surface area contributed by atoms with Gasteiger partial charge in [-0.3, -0.25) is 4.99 Å². The highest BCUT2D eigenvalue weighted by Gasteiger charge is 2.15. The fourth-order valence-corrected chi connectivity index (χ4v) is 5.43. The molecule has 3 aromatic carbocycles. The van der Waals surface area contributed by atoms with E-state index < -0.39 is 0 Å². The van der Waals surface area contributed by atoms with E-state index in [9.17, 15) is 0 Å². The molecule has 0 aromatic heterocycles. The molecule has 0 saturated carbocycles. The molecular weight excluding hydrogens is 409 g/mol. The highest BCUT2D eigenvalue weighted by atomic mass is 31.1. The first-order chi connectivity index (χ1) is 15.6. The van der Waals surface area contributed by atoms with Crippen LogP contribution >= 0.6 is 8.58 Å². The van der Waals surface area contributed by atoms with E-state index in [1.54, 1.807) is 0 Å². The lowest BCUT2D eigenvalue weighted by Crippen LogP contribution is -2.19. The fourth-order valence-electron chi connectivity index (χ4n) is 3.91. The summed E-state index contributed by atoms with van der Waals surface area (Å²) in [5, 5.41) is 2.59. The van der Waals surface area contributed by atoms with Crippen molar-refractivity contribution >= 4 is 30.6 Å². The lowest BCUT2D eigenvalue weighted by atomic mass is 10.0. The van der Waals surface area contributed by atoms with Gasteiger partial charge in [0.05, 0.1) is 12.3 Å². The number of para-hydroxylation sites is 2. The van der Waals surface area contributed by atoms with Crippen molar-refractivity contribution in [2.75, 3.05) is 6.61 Å². The molecule has 0 aliphatic heterocycles. The average Bonchev–Trinajstić information content (AvgIpc) is 2.81. The highest BCUT2D eigenvalue weighted by Crippen LogP contribution is 2.27. The van der Waals surface area contributed by atoms with E-state index in [0.717, 1.165) is 23.6 Å². The molecule has 0 radical (unpaired) electrons. The molecule has 2 unspecified atom stereocenters. The third kappa shape index (κ3) is 5.44. The lowest BCUT2D eigenvalue weighted by Gasteiger charge is -2.20. The number of nitrogens with zero attached hydrogens (tertiary/aromatic N) is 1. The number of ether oxygens (including phenoxy) is 1. The van der Waals surface area contributed by atoms with E-state index in [-0.39, 0.29) is 0 Å². The summed E-state index contributed by atoms with van der Waals surface area (Å²) in [7, 11) is 0.504. The summed E-state index contributed by atoms with van der Waals surface area (Å²) in [5.74, 6) is 1.46. The molecule has 0 heterocycles. The standard InChI is InChI=1S/C29H30NOP/c1-21-12-11-19-27(28(21)31-20-24-14-6-4-7-15-24)32-29-22(2)13-10-18-26(29)23(3)30-25-16-8-5-9-17-25/h4-14,16-19,24,32H,15,20H2,1-3H3. The molecule has 2 nitrogen and oxygen atoms in total. The third-order valence-electron chi connectivity index (χ3n) is 5.70. The van der Waals surface area contributed by atoms with Crippen molar-refractivity contribution in [2.45, 2.75) is 27.2 Å². The van der Waals surface area contributed by atoms with Crippen molar-refractivity contribution in [3.63, 3.8) is 0 Å². The Hall–Kier alpha value is -2.96. The summed E-state index contributed by atoms with van der Waals surface area (Å²) in [4.78, 5) is 4.89. The Labute approximate surface area is 193 Å². The molecular formula is C29H30NOP. The predicted octanol–water partition coefficient (Wildman–Crippen LogP) is 6.58. The molecule has 0 fully saturated rings. The van der Waals surface area contributed by atoms with Gasteiger partial charge in [-0.2, -0.15) is 0 Å². The average molecular weight is 440 g/mol. The van der Waals surface area contributed by atoms with Crippen molar-refractivity contribution in [1.82, 2.24) is 0 Å². The minimum atomic E-state index is 0.435. The molecule has 1 aliphatic rings. The van der Waals surface area contributed by atoms with E-state index >= 15 is 0 Å². The molecule has 162 valence electrons. The Balaban J connectivity index is 1.63. The SMILES string of the molecule is CC(=Nc1ccccc1)c1cccc(C)c1Pc1cccc(C)c1OCC1C=CC=CC1. The number of aryl methyl sites for hydroxylation is 2. The molecule has 3 heteroatoms. The highest BCUT2D eigenvalue weighted by molar-refractivity contribution is 7.56.